The largest absolute Gasteiger partial charge is 0.481 e. The van der Waals surface area contributed by atoms with Crippen LogP contribution in [0.25, 0.3) is 0 Å². The molecule has 0 aromatic rings. The van der Waals surface area contributed by atoms with Gasteiger partial charge in [0.15, 0.2) is 0 Å². The van der Waals surface area contributed by atoms with E-state index in [1.165, 1.54) is 25.7 Å². The third-order valence-electron chi connectivity index (χ3n) is 4.66. The van der Waals surface area contributed by atoms with Gasteiger partial charge in [-0.3, -0.25) is 4.79 Å². The Morgan fingerprint density at radius 1 is 1.11 bits per heavy atom. The van der Waals surface area contributed by atoms with Crippen molar-refractivity contribution in [3.8, 4) is 0 Å². The van der Waals surface area contributed by atoms with Gasteiger partial charge in [0.05, 0.1) is 5.41 Å². The van der Waals surface area contributed by atoms with Crippen LogP contribution in [0, 0.1) is 11.3 Å². The molecule has 0 heterocycles. The van der Waals surface area contributed by atoms with Gasteiger partial charge in [-0.15, -0.1) is 0 Å². The van der Waals surface area contributed by atoms with E-state index < -0.39 is 11.4 Å². The highest BCUT2D eigenvalue weighted by molar-refractivity contribution is 5.78. The molecule has 108 valence electrons. The summed E-state index contributed by atoms with van der Waals surface area (Å²) in [4.78, 5) is 22.7. The van der Waals surface area contributed by atoms with Crippen LogP contribution in [0.5, 0.6) is 0 Å². The number of nitrogens with one attached hydrogen (secondary N) is 2. The summed E-state index contributed by atoms with van der Waals surface area (Å²) in [6.45, 7) is 0.939. The second kappa shape index (κ2) is 6.26. The molecule has 0 radical (unpaired) electrons. The van der Waals surface area contributed by atoms with Crippen LogP contribution in [0.2, 0.25) is 0 Å². The summed E-state index contributed by atoms with van der Waals surface area (Å²) in [6, 6.07) is -0.231. The highest BCUT2D eigenvalue weighted by Gasteiger charge is 2.44. The summed E-state index contributed by atoms with van der Waals surface area (Å²) in [6.07, 6.45) is 8.52. The maximum atomic E-state index is 11.6. The van der Waals surface area contributed by atoms with E-state index in [4.69, 9.17) is 5.11 Å². The molecular formula is C14H24N2O3. The molecule has 2 amide bonds. The van der Waals surface area contributed by atoms with E-state index in [0.29, 0.717) is 19.4 Å². The minimum absolute atomic E-state index is 0.231. The van der Waals surface area contributed by atoms with E-state index in [0.717, 1.165) is 18.8 Å². The third kappa shape index (κ3) is 3.61. The Balaban J connectivity index is 1.60. The standard InChI is InChI=1S/C14H24N2O3/c17-12(18)14(7-3-8-14)10-16-13(19)15-9-6-11-4-1-2-5-11/h11H,1-10H2,(H,17,18)(H2,15,16,19). The second-order valence-corrected chi connectivity index (χ2v) is 5.99. The van der Waals surface area contributed by atoms with E-state index in [1.807, 2.05) is 0 Å². The fourth-order valence-corrected chi connectivity index (χ4v) is 3.07. The second-order valence-electron chi connectivity index (χ2n) is 5.99. The molecule has 0 aromatic carbocycles. The van der Waals surface area contributed by atoms with Gasteiger partial charge in [0.1, 0.15) is 0 Å². The first-order valence-corrected chi connectivity index (χ1v) is 7.37. The fourth-order valence-electron chi connectivity index (χ4n) is 3.07. The maximum absolute atomic E-state index is 11.6. The van der Waals surface area contributed by atoms with Crippen LogP contribution >= 0.6 is 0 Å². The average Bonchev–Trinajstić information content (AvgIpc) is 2.80. The quantitative estimate of drug-likeness (QED) is 0.690. The molecule has 2 saturated carbocycles. The molecule has 0 spiro atoms. The Hall–Kier alpha value is -1.26. The van der Waals surface area contributed by atoms with Crippen LogP contribution < -0.4 is 10.6 Å². The zero-order chi connectivity index (χ0) is 13.7. The predicted octanol–water partition coefficient (Wildman–Crippen LogP) is 2.12. The van der Waals surface area contributed by atoms with Crippen LogP contribution in [0.4, 0.5) is 4.79 Å². The molecule has 0 aromatic heterocycles. The van der Waals surface area contributed by atoms with E-state index in [2.05, 4.69) is 10.6 Å². The number of hydrogen-bond donors (Lipinski definition) is 3. The van der Waals surface area contributed by atoms with Gasteiger partial charge in [-0.05, 0) is 25.2 Å². The van der Waals surface area contributed by atoms with Gasteiger partial charge < -0.3 is 15.7 Å². The molecule has 2 aliphatic rings. The van der Waals surface area contributed by atoms with Gasteiger partial charge in [-0.25, -0.2) is 4.79 Å². The molecule has 0 unspecified atom stereocenters. The molecule has 2 rings (SSSR count). The number of aliphatic carboxylic acids is 1. The fraction of sp³-hybridized carbons (Fsp3) is 0.857. The van der Waals surface area contributed by atoms with Crippen molar-refractivity contribution in [1.82, 2.24) is 10.6 Å². The molecular weight excluding hydrogens is 244 g/mol. The molecule has 0 saturated heterocycles. The Morgan fingerprint density at radius 2 is 1.79 bits per heavy atom. The SMILES string of the molecule is O=C(NCCC1CCCC1)NCC1(C(=O)O)CCC1. The van der Waals surface area contributed by atoms with Crippen molar-refractivity contribution in [2.75, 3.05) is 13.1 Å². The van der Waals surface area contributed by atoms with Crippen molar-refractivity contribution in [1.29, 1.82) is 0 Å². The molecule has 0 bridgehead atoms. The van der Waals surface area contributed by atoms with Gasteiger partial charge >= 0.3 is 12.0 Å². The molecule has 3 N–H and O–H groups in total. The predicted molar refractivity (Wildman–Crippen MR) is 71.9 cm³/mol. The van der Waals surface area contributed by atoms with Crippen molar-refractivity contribution in [2.24, 2.45) is 11.3 Å². The lowest BCUT2D eigenvalue weighted by Crippen LogP contribution is -2.49. The van der Waals surface area contributed by atoms with Gasteiger partial charge in [-0.1, -0.05) is 32.1 Å². The number of hydrogen-bond acceptors (Lipinski definition) is 2. The number of carboxylic acid groups (broad SMARTS) is 1. The summed E-state index contributed by atoms with van der Waals surface area (Å²) in [7, 11) is 0. The first-order valence-electron chi connectivity index (χ1n) is 7.37. The van der Waals surface area contributed by atoms with E-state index in [9.17, 15) is 9.59 Å². The topological polar surface area (TPSA) is 78.4 Å². The van der Waals surface area contributed by atoms with Gasteiger partial charge in [0.25, 0.3) is 0 Å². The van der Waals surface area contributed by atoms with Gasteiger partial charge in [0, 0.05) is 13.1 Å². The maximum Gasteiger partial charge on any atom is 0.314 e. The summed E-state index contributed by atoms with van der Waals surface area (Å²) in [5.41, 5.74) is -0.706. The zero-order valence-electron chi connectivity index (χ0n) is 11.4. The van der Waals surface area contributed by atoms with Crippen molar-refractivity contribution in [3.05, 3.63) is 0 Å². The summed E-state index contributed by atoms with van der Waals surface area (Å²) >= 11 is 0. The lowest BCUT2D eigenvalue weighted by Gasteiger charge is -2.37. The third-order valence-corrected chi connectivity index (χ3v) is 4.66. The van der Waals surface area contributed by atoms with Crippen LogP contribution in [0.15, 0.2) is 0 Å². The zero-order valence-corrected chi connectivity index (χ0v) is 11.4. The highest BCUT2D eigenvalue weighted by Crippen LogP contribution is 2.40. The molecule has 5 nitrogen and oxygen atoms in total. The minimum Gasteiger partial charge on any atom is -0.481 e. The monoisotopic (exact) mass is 268 g/mol. The summed E-state index contributed by atoms with van der Waals surface area (Å²) in [5, 5.41) is 14.7. The highest BCUT2D eigenvalue weighted by atomic mass is 16.4. The molecule has 19 heavy (non-hydrogen) atoms. The van der Waals surface area contributed by atoms with Crippen LogP contribution in [0.3, 0.4) is 0 Å². The minimum atomic E-state index is -0.787. The van der Waals surface area contributed by atoms with Crippen molar-refractivity contribution >= 4 is 12.0 Å². The van der Waals surface area contributed by atoms with Crippen molar-refractivity contribution in [2.45, 2.75) is 51.4 Å². The Bertz CT molecular complexity index is 334. The molecule has 0 aliphatic heterocycles. The molecule has 2 fully saturated rings. The van der Waals surface area contributed by atoms with Crippen LogP contribution in [0.1, 0.15) is 51.4 Å². The number of carbonyl (C=O) groups is 2. The number of carboxylic acids is 1. The van der Waals surface area contributed by atoms with Gasteiger partial charge in [0.2, 0.25) is 0 Å². The Labute approximate surface area is 114 Å². The smallest absolute Gasteiger partial charge is 0.314 e. The van der Waals surface area contributed by atoms with E-state index >= 15 is 0 Å². The average molecular weight is 268 g/mol. The first-order chi connectivity index (χ1) is 9.12. The first kappa shape index (κ1) is 14.2. The number of urea groups is 1. The number of carbonyl (C=O) groups excluding carboxylic acids is 1. The number of amides is 2. The van der Waals surface area contributed by atoms with Crippen LogP contribution in [-0.4, -0.2) is 30.2 Å². The summed E-state index contributed by atoms with van der Waals surface area (Å²) < 4.78 is 0. The van der Waals surface area contributed by atoms with Gasteiger partial charge in [-0.2, -0.15) is 0 Å². The lowest BCUT2D eigenvalue weighted by molar-refractivity contribution is -0.153. The normalized spacial score (nSPS) is 21.7. The van der Waals surface area contributed by atoms with Crippen molar-refractivity contribution in [3.63, 3.8) is 0 Å². The molecule has 2 aliphatic carbocycles. The molecule has 5 heteroatoms. The van der Waals surface area contributed by atoms with E-state index in [1.54, 1.807) is 0 Å². The van der Waals surface area contributed by atoms with Crippen molar-refractivity contribution < 1.29 is 14.7 Å². The van der Waals surface area contributed by atoms with E-state index in [-0.39, 0.29) is 12.6 Å². The number of rotatable bonds is 6. The lowest BCUT2D eigenvalue weighted by atomic mass is 9.69. The summed E-state index contributed by atoms with van der Waals surface area (Å²) in [5.74, 6) is -0.0256. The van der Waals surface area contributed by atoms with Crippen LogP contribution in [-0.2, 0) is 4.79 Å². The Kier molecular flexibility index (Phi) is 4.66. The Morgan fingerprint density at radius 3 is 2.32 bits per heavy atom. The molecule has 0 atom stereocenters.